The maximum atomic E-state index is 13.3. The fourth-order valence-electron chi connectivity index (χ4n) is 3.49. The number of carbonyl (C=O) groups is 1. The minimum absolute atomic E-state index is 0.0601. The topological polar surface area (TPSA) is 41.1 Å². The fraction of sp³-hybridized carbons (Fsp3) is 0.458. The maximum absolute atomic E-state index is 13.3. The minimum Gasteiger partial charge on any atom is -0.355 e. The molecule has 152 valence electrons. The van der Waals surface area contributed by atoms with E-state index < -0.39 is 0 Å². The van der Waals surface area contributed by atoms with E-state index in [0.29, 0.717) is 12.5 Å². The van der Waals surface area contributed by atoms with Gasteiger partial charge in [-0.1, -0.05) is 55.8 Å². The van der Waals surface area contributed by atoms with Crippen LogP contribution in [0.25, 0.3) is 0 Å². The predicted molar refractivity (Wildman–Crippen MR) is 114 cm³/mol. The van der Waals surface area contributed by atoms with Crippen LogP contribution in [0.5, 0.6) is 0 Å². The van der Waals surface area contributed by atoms with Crippen LogP contribution in [0.1, 0.15) is 55.7 Å². The van der Waals surface area contributed by atoms with Crippen LogP contribution in [0.2, 0.25) is 0 Å². The number of likely N-dealkylation sites (N-methyl/N-ethyl adjacent to an activating group) is 1. The van der Waals surface area contributed by atoms with E-state index in [1.54, 1.807) is 0 Å². The average molecular weight is 385 g/mol. The van der Waals surface area contributed by atoms with E-state index in [9.17, 15) is 9.18 Å². The van der Waals surface area contributed by atoms with Gasteiger partial charge in [0.1, 0.15) is 5.82 Å². The Kier molecular flexibility index (Phi) is 8.65. The third-order valence-electron chi connectivity index (χ3n) is 5.09. The first-order valence-corrected chi connectivity index (χ1v) is 10.2. The number of hydrogen-bond acceptors (Lipinski definition) is 2. The quantitative estimate of drug-likeness (QED) is 0.578. The van der Waals surface area contributed by atoms with Gasteiger partial charge in [-0.2, -0.15) is 0 Å². The second-order valence-electron chi connectivity index (χ2n) is 7.92. The Morgan fingerprint density at radius 3 is 2.11 bits per heavy atom. The zero-order valence-corrected chi connectivity index (χ0v) is 17.5. The summed E-state index contributed by atoms with van der Waals surface area (Å²) in [6, 6.07) is 15.1. The number of aryl methyl sites for hydroxylation is 1. The van der Waals surface area contributed by atoms with Gasteiger partial charge in [-0.3, -0.25) is 4.79 Å². The summed E-state index contributed by atoms with van der Waals surface area (Å²) in [6.45, 7) is 6.94. The van der Waals surface area contributed by atoms with Crippen molar-refractivity contribution in [1.82, 2.24) is 10.6 Å². The highest BCUT2D eigenvalue weighted by atomic mass is 19.1. The van der Waals surface area contributed by atoms with Crippen LogP contribution in [0, 0.1) is 18.7 Å². The largest absolute Gasteiger partial charge is 0.355 e. The zero-order valence-electron chi connectivity index (χ0n) is 17.5. The van der Waals surface area contributed by atoms with Crippen LogP contribution in [0.3, 0.4) is 0 Å². The monoisotopic (exact) mass is 384 g/mol. The lowest BCUT2D eigenvalue weighted by atomic mass is 9.87. The molecule has 2 aromatic carbocycles. The van der Waals surface area contributed by atoms with Crippen molar-refractivity contribution in [3.8, 4) is 0 Å². The van der Waals surface area contributed by atoms with Crippen molar-refractivity contribution in [2.75, 3.05) is 13.6 Å². The van der Waals surface area contributed by atoms with E-state index in [4.69, 9.17) is 0 Å². The van der Waals surface area contributed by atoms with Crippen LogP contribution in [-0.4, -0.2) is 25.5 Å². The number of amides is 1. The first-order valence-electron chi connectivity index (χ1n) is 10.2. The summed E-state index contributed by atoms with van der Waals surface area (Å²) < 4.78 is 13.3. The summed E-state index contributed by atoms with van der Waals surface area (Å²) in [6.07, 6.45) is 2.58. The Labute approximate surface area is 168 Å². The molecule has 1 amide bonds. The smallest absolute Gasteiger partial charge is 0.237 e. The molecule has 2 atom stereocenters. The van der Waals surface area contributed by atoms with Crippen molar-refractivity contribution >= 4 is 5.91 Å². The Morgan fingerprint density at radius 2 is 1.57 bits per heavy atom. The number of benzene rings is 2. The minimum atomic E-state index is -0.220. The van der Waals surface area contributed by atoms with E-state index in [0.717, 1.165) is 24.8 Å². The molecule has 0 aliphatic rings. The number of halogens is 1. The van der Waals surface area contributed by atoms with E-state index in [1.165, 1.54) is 23.3 Å². The lowest BCUT2D eigenvalue weighted by molar-refractivity contribution is -0.123. The normalized spacial score (nSPS) is 13.4. The highest BCUT2D eigenvalue weighted by molar-refractivity contribution is 5.81. The van der Waals surface area contributed by atoms with Gasteiger partial charge < -0.3 is 10.6 Å². The molecule has 0 saturated carbocycles. The summed E-state index contributed by atoms with van der Waals surface area (Å²) in [7, 11) is 1.83. The average Bonchev–Trinajstić information content (AvgIpc) is 2.67. The van der Waals surface area contributed by atoms with Gasteiger partial charge in [0.15, 0.2) is 0 Å². The van der Waals surface area contributed by atoms with Gasteiger partial charge in [0.25, 0.3) is 0 Å². The summed E-state index contributed by atoms with van der Waals surface area (Å²) in [5, 5.41) is 6.15. The molecule has 0 spiro atoms. The van der Waals surface area contributed by atoms with Crippen LogP contribution < -0.4 is 10.6 Å². The van der Waals surface area contributed by atoms with Crippen molar-refractivity contribution in [1.29, 1.82) is 0 Å². The van der Waals surface area contributed by atoms with Gasteiger partial charge >= 0.3 is 0 Å². The molecule has 3 nitrogen and oxygen atoms in total. The molecule has 1 unspecified atom stereocenters. The third kappa shape index (κ3) is 6.75. The summed E-state index contributed by atoms with van der Waals surface area (Å²) in [5.74, 6) is 0.494. The molecule has 0 aromatic heterocycles. The molecule has 2 N–H and O–H groups in total. The molecule has 0 heterocycles. The summed E-state index contributed by atoms with van der Waals surface area (Å²) in [4.78, 5) is 12.4. The molecule has 2 rings (SSSR count). The zero-order chi connectivity index (χ0) is 20.5. The number of hydrogen-bond donors (Lipinski definition) is 2. The van der Waals surface area contributed by atoms with Crippen LogP contribution in [0.4, 0.5) is 4.39 Å². The number of carbonyl (C=O) groups excluding carboxylic acids is 1. The molecule has 28 heavy (non-hydrogen) atoms. The Morgan fingerprint density at radius 1 is 1.00 bits per heavy atom. The Balaban J connectivity index is 1.98. The van der Waals surface area contributed by atoms with E-state index in [-0.39, 0.29) is 23.7 Å². The lowest BCUT2D eigenvalue weighted by Crippen LogP contribution is -2.43. The highest BCUT2D eigenvalue weighted by Crippen LogP contribution is 2.29. The van der Waals surface area contributed by atoms with Gasteiger partial charge in [-0.05, 0) is 62.4 Å². The van der Waals surface area contributed by atoms with Gasteiger partial charge in [-0.25, -0.2) is 4.39 Å². The molecule has 2 aromatic rings. The van der Waals surface area contributed by atoms with Crippen molar-refractivity contribution in [3.63, 3.8) is 0 Å². The molecule has 0 radical (unpaired) electrons. The molecular formula is C24H33FN2O. The maximum Gasteiger partial charge on any atom is 0.237 e. The van der Waals surface area contributed by atoms with Gasteiger partial charge in [-0.15, -0.1) is 0 Å². The molecular weight excluding hydrogens is 351 g/mol. The SMILES string of the molecule is CN[C@H](CC(C)C)C(=O)NCCCC(c1ccc(C)cc1)c1ccc(F)cc1. The summed E-state index contributed by atoms with van der Waals surface area (Å²) in [5.41, 5.74) is 3.54. The van der Waals surface area contributed by atoms with E-state index in [1.807, 2.05) is 19.2 Å². The van der Waals surface area contributed by atoms with Gasteiger partial charge in [0.2, 0.25) is 5.91 Å². The third-order valence-corrected chi connectivity index (χ3v) is 5.09. The van der Waals surface area contributed by atoms with Crippen molar-refractivity contribution in [2.24, 2.45) is 5.92 Å². The van der Waals surface area contributed by atoms with Gasteiger partial charge in [0.05, 0.1) is 6.04 Å². The van der Waals surface area contributed by atoms with E-state index >= 15 is 0 Å². The van der Waals surface area contributed by atoms with Crippen molar-refractivity contribution < 1.29 is 9.18 Å². The Hall–Kier alpha value is -2.20. The second-order valence-corrected chi connectivity index (χ2v) is 7.92. The standard InChI is InChI=1S/C24H33FN2O/c1-17(2)16-23(26-4)24(28)27-15-5-6-22(19-9-7-18(3)8-10-19)20-11-13-21(25)14-12-20/h7-14,17,22-23,26H,5-6,15-16H2,1-4H3,(H,27,28)/t22?,23-/m1/s1. The van der Waals surface area contributed by atoms with Crippen molar-refractivity contribution in [3.05, 3.63) is 71.0 Å². The van der Waals surface area contributed by atoms with Crippen LogP contribution in [0.15, 0.2) is 48.5 Å². The molecule has 4 heteroatoms. The molecule has 0 saturated heterocycles. The van der Waals surface area contributed by atoms with Crippen LogP contribution in [-0.2, 0) is 4.79 Å². The number of nitrogens with one attached hydrogen (secondary N) is 2. The first kappa shape index (κ1) is 22.1. The van der Waals surface area contributed by atoms with E-state index in [2.05, 4.69) is 55.7 Å². The molecule has 0 fully saturated rings. The predicted octanol–water partition coefficient (Wildman–Crippen LogP) is 4.80. The lowest BCUT2D eigenvalue weighted by Gasteiger charge is -2.20. The molecule has 0 aliphatic heterocycles. The summed E-state index contributed by atoms with van der Waals surface area (Å²) >= 11 is 0. The van der Waals surface area contributed by atoms with Gasteiger partial charge in [0, 0.05) is 12.5 Å². The van der Waals surface area contributed by atoms with Crippen LogP contribution >= 0.6 is 0 Å². The fourth-order valence-corrected chi connectivity index (χ4v) is 3.49. The Bertz CT molecular complexity index is 680. The van der Waals surface area contributed by atoms with Crippen molar-refractivity contribution in [2.45, 2.75) is 52.0 Å². The first-order chi connectivity index (χ1) is 13.4. The molecule has 0 aliphatic carbocycles. The second kappa shape index (κ2) is 11.0. The molecule has 0 bridgehead atoms. The number of rotatable bonds is 10. The highest BCUT2D eigenvalue weighted by Gasteiger charge is 2.18.